The first-order valence-electron chi connectivity index (χ1n) is 8.93. The largest absolute Gasteiger partial charge is 0.504 e. The Kier molecular flexibility index (Phi) is 6.33. The van der Waals surface area contributed by atoms with Gasteiger partial charge >= 0.3 is 0 Å². The van der Waals surface area contributed by atoms with Crippen LogP contribution >= 0.6 is 11.8 Å². The molecule has 1 amide bonds. The van der Waals surface area contributed by atoms with Gasteiger partial charge in [0, 0.05) is 12.0 Å². The maximum absolute atomic E-state index is 12.5. The first kappa shape index (κ1) is 20.6. The van der Waals surface area contributed by atoms with Gasteiger partial charge in [0.15, 0.2) is 22.4 Å². The number of nitrogens with zero attached hydrogens (tertiary/aromatic N) is 2. The van der Waals surface area contributed by atoms with E-state index in [9.17, 15) is 14.7 Å². The van der Waals surface area contributed by atoms with E-state index in [1.807, 2.05) is 26.0 Å². The van der Waals surface area contributed by atoms with E-state index >= 15 is 0 Å². The Balaban J connectivity index is 1.63. The molecule has 0 bridgehead atoms. The van der Waals surface area contributed by atoms with E-state index < -0.39 is 5.25 Å². The number of aromatic hydroxyl groups is 1. The molecule has 150 valence electrons. The standard InChI is InChI=1S/C21H21N3O4S/c1-12-4-6-15(8-13(12)2)17(26)10-19-20(27)23-21(29-19)24-22-11-14-5-7-16(25)18(9-14)28-3/h4-9,11,19,25H,10H2,1-3H3,(H,23,24,27)/b22-11+. The number of Topliss-reactive ketones (excluding diaryl/α,β-unsaturated/α-hetero) is 1. The fraction of sp³-hybridized carbons (Fsp3) is 0.238. The summed E-state index contributed by atoms with van der Waals surface area (Å²) < 4.78 is 5.04. The lowest BCUT2D eigenvalue weighted by atomic mass is 10.0. The number of methoxy groups -OCH3 is 1. The maximum Gasteiger partial charge on any atom is 0.240 e. The molecule has 0 aliphatic carbocycles. The van der Waals surface area contributed by atoms with Gasteiger partial charge in [0.2, 0.25) is 5.91 Å². The van der Waals surface area contributed by atoms with E-state index in [2.05, 4.69) is 15.5 Å². The number of thioether (sulfide) groups is 1. The fourth-order valence-electron chi connectivity index (χ4n) is 2.71. The SMILES string of the molecule is COc1cc(/C=N/N=C2\NC(=O)C(CC(=O)c3ccc(C)c(C)c3)S2)ccc1O. The van der Waals surface area contributed by atoms with Gasteiger partial charge in [0.1, 0.15) is 0 Å². The summed E-state index contributed by atoms with van der Waals surface area (Å²) in [6, 6.07) is 10.3. The molecule has 1 aliphatic heterocycles. The summed E-state index contributed by atoms with van der Waals surface area (Å²) in [5.41, 5.74) is 3.45. The van der Waals surface area contributed by atoms with Crippen molar-refractivity contribution < 1.29 is 19.4 Å². The smallest absolute Gasteiger partial charge is 0.240 e. The molecule has 7 nitrogen and oxygen atoms in total. The zero-order valence-electron chi connectivity index (χ0n) is 16.3. The van der Waals surface area contributed by atoms with Crippen molar-refractivity contribution in [1.82, 2.24) is 5.32 Å². The van der Waals surface area contributed by atoms with Gasteiger partial charge in [-0.3, -0.25) is 9.59 Å². The average Bonchev–Trinajstić information content (AvgIpc) is 3.04. The highest BCUT2D eigenvalue weighted by atomic mass is 32.2. The third-order valence-corrected chi connectivity index (χ3v) is 5.61. The van der Waals surface area contributed by atoms with Crippen molar-refractivity contribution in [2.45, 2.75) is 25.5 Å². The van der Waals surface area contributed by atoms with E-state index in [1.165, 1.54) is 31.2 Å². The molecular formula is C21H21N3O4S. The van der Waals surface area contributed by atoms with Crippen LogP contribution in [-0.2, 0) is 4.79 Å². The number of ketones is 1. The molecule has 2 aromatic carbocycles. The third kappa shape index (κ3) is 5.03. The quantitative estimate of drug-likeness (QED) is 0.432. The van der Waals surface area contributed by atoms with Gasteiger partial charge in [-0.15, -0.1) is 5.10 Å². The second-order valence-corrected chi connectivity index (χ2v) is 7.79. The average molecular weight is 411 g/mol. The minimum absolute atomic E-state index is 0.0332. The second-order valence-electron chi connectivity index (χ2n) is 6.60. The Morgan fingerprint density at radius 3 is 2.76 bits per heavy atom. The van der Waals surface area contributed by atoms with Crippen molar-refractivity contribution in [2.75, 3.05) is 7.11 Å². The number of hydrogen-bond donors (Lipinski definition) is 2. The van der Waals surface area contributed by atoms with Crippen LogP contribution in [-0.4, -0.2) is 40.5 Å². The number of benzene rings is 2. The van der Waals surface area contributed by atoms with Crippen LogP contribution in [0.15, 0.2) is 46.6 Å². The number of carbonyl (C=O) groups excluding carboxylic acids is 2. The van der Waals surface area contributed by atoms with Gasteiger partial charge in [0.05, 0.1) is 18.6 Å². The van der Waals surface area contributed by atoms with Crippen molar-refractivity contribution >= 4 is 34.8 Å². The van der Waals surface area contributed by atoms with Crippen molar-refractivity contribution in [3.8, 4) is 11.5 Å². The van der Waals surface area contributed by atoms with E-state index in [0.29, 0.717) is 22.0 Å². The van der Waals surface area contributed by atoms with Gasteiger partial charge in [0.25, 0.3) is 0 Å². The van der Waals surface area contributed by atoms with Crippen LogP contribution in [0.25, 0.3) is 0 Å². The topological polar surface area (TPSA) is 100 Å². The van der Waals surface area contributed by atoms with E-state index in [-0.39, 0.29) is 23.9 Å². The van der Waals surface area contributed by atoms with Gasteiger partial charge in [-0.05, 0) is 54.8 Å². The number of rotatable bonds is 6. The number of phenolic OH excluding ortho intramolecular Hbond substituents is 1. The molecule has 1 aliphatic rings. The van der Waals surface area contributed by atoms with E-state index in [1.54, 1.807) is 18.2 Å². The van der Waals surface area contributed by atoms with Crippen LogP contribution in [0.5, 0.6) is 11.5 Å². The highest BCUT2D eigenvalue weighted by Crippen LogP contribution is 2.26. The summed E-state index contributed by atoms with van der Waals surface area (Å²) in [5.74, 6) is 0.0232. The number of hydrogen-bond acceptors (Lipinski definition) is 7. The fourth-order valence-corrected chi connectivity index (χ4v) is 3.63. The predicted octanol–water partition coefficient (Wildman–Crippen LogP) is 3.21. The van der Waals surface area contributed by atoms with Crippen molar-refractivity contribution in [2.24, 2.45) is 10.2 Å². The van der Waals surface area contributed by atoms with Gasteiger partial charge in [-0.2, -0.15) is 5.10 Å². The van der Waals surface area contributed by atoms with Gasteiger partial charge in [-0.1, -0.05) is 23.9 Å². The zero-order chi connectivity index (χ0) is 21.0. The molecular weight excluding hydrogens is 390 g/mol. The van der Waals surface area contributed by atoms with Crippen molar-refractivity contribution in [3.63, 3.8) is 0 Å². The molecule has 0 saturated carbocycles. The Morgan fingerprint density at radius 1 is 1.24 bits per heavy atom. The Labute approximate surface area is 172 Å². The molecule has 1 atom stereocenters. The minimum Gasteiger partial charge on any atom is -0.504 e. The summed E-state index contributed by atoms with van der Waals surface area (Å²) in [6.45, 7) is 3.94. The van der Waals surface area contributed by atoms with E-state index in [4.69, 9.17) is 4.74 Å². The molecule has 1 fully saturated rings. The van der Waals surface area contributed by atoms with Gasteiger partial charge in [-0.25, -0.2) is 0 Å². The molecule has 2 aromatic rings. The Bertz CT molecular complexity index is 1020. The van der Waals surface area contributed by atoms with E-state index in [0.717, 1.165) is 11.1 Å². The van der Waals surface area contributed by atoms with Crippen molar-refractivity contribution in [1.29, 1.82) is 0 Å². The summed E-state index contributed by atoms with van der Waals surface area (Å²) in [7, 11) is 1.46. The van der Waals surface area contributed by atoms with Crippen LogP contribution in [0, 0.1) is 13.8 Å². The van der Waals surface area contributed by atoms with Crippen molar-refractivity contribution in [3.05, 3.63) is 58.7 Å². The molecule has 29 heavy (non-hydrogen) atoms. The molecule has 3 rings (SSSR count). The monoisotopic (exact) mass is 411 g/mol. The molecule has 1 unspecified atom stereocenters. The zero-order valence-corrected chi connectivity index (χ0v) is 17.1. The maximum atomic E-state index is 12.5. The minimum atomic E-state index is -0.535. The Hall–Kier alpha value is -3.13. The number of carbonyl (C=O) groups is 2. The van der Waals surface area contributed by atoms with Gasteiger partial charge < -0.3 is 15.2 Å². The Morgan fingerprint density at radius 2 is 2.03 bits per heavy atom. The number of aryl methyl sites for hydroxylation is 2. The number of amides is 1. The van der Waals surface area contributed by atoms with Crippen LogP contribution in [0.2, 0.25) is 0 Å². The third-order valence-electron chi connectivity index (χ3n) is 4.54. The first-order chi connectivity index (χ1) is 13.9. The summed E-state index contributed by atoms with van der Waals surface area (Å²) in [5, 5.41) is 20.0. The van der Waals surface area contributed by atoms with Crippen LogP contribution in [0.4, 0.5) is 0 Å². The number of phenols is 1. The lowest BCUT2D eigenvalue weighted by Gasteiger charge is -2.06. The number of amidine groups is 1. The predicted molar refractivity (Wildman–Crippen MR) is 114 cm³/mol. The highest BCUT2D eigenvalue weighted by Gasteiger charge is 2.32. The first-order valence-corrected chi connectivity index (χ1v) is 9.81. The second kappa shape index (κ2) is 8.91. The van der Waals surface area contributed by atoms with Crippen LogP contribution in [0.3, 0.4) is 0 Å². The lowest BCUT2D eigenvalue weighted by Crippen LogP contribution is -2.26. The molecule has 2 N–H and O–H groups in total. The van der Waals surface area contributed by atoms with Crippen LogP contribution < -0.4 is 10.1 Å². The lowest BCUT2D eigenvalue weighted by molar-refractivity contribution is -0.118. The molecule has 8 heteroatoms. The molecule has 1 heterocycles. The summed E-state index contributed by atoms with van der Waals surface area (Å²) in [4.78, 5) is 24.7. The highest BCUT2D eigenvalue weighted by molar-refractivity contribution is 8.15. The molecule has 0 radical (unpaired) electrons. The number of ether oxygens (including phenoxy) is 1. The summed E-state index contributed by atoms with van der Waals surface area (Å²) in [6.07, 6.45) is 1.58. The molecule has 0 aromatic heterocycles. The summed E-state index contributed by atoms with van der Waals surface area (Å²) >= 11 is 1.18. The van der Waals surface area contributed by atoms with Crippen LogP contribution in [0.1, 0.15) is 33.5 Å². The normalized spacial score (nSPS) is 17.7. The number of nitrogens with one attached hydrogen (secondary N) is 1. The molecule has 1 saturated heterocycles. The molecule has 0 spiro atoms.